The monoisotopic (exact) mass is 284 g/mol. The maximum Gasteiger partial charge on any atom is 0.321 e. The van der Waals surface area contributed by atoms with E-state index in [0.717, 1.165) is 0 Å². The van der Waals surface area contributed by atoms with E-state index in [-0.39, 0.29) is 24.3 Å². The average Bonchev–Trinajstić information content (AvgIpc) is 2.40. The molecule has 0 saturated carbocycles. The molecule has 0 heterocycles. The first-order chi connectivity index (χ1) is 8.95. The van der Waals surface area contributed by atoms with Crippen molar-refractivity contribution in [3.63, 3.8) is 0 Å². The Balaban J connectivity index is 2.65. The van der Waals surface area contributed by atoms with Gasteiger partial charge in [-0.2, -0.15) is 0 Å². The molecule has 1 atom stereocenters. The summed E-state index contributed by atoms with van der Waals surface area (Å²) in [6, 6.07) is 6.44. The predicted octanol–water partition coefficient (Wildman–Crippen LogP) is 2.33. The second-order valence-electron chi connectivity index (χ2n) is 4.17. The Labute approximate surface area is 116 Å². The van der Waals surface area contributed by atoms with Crippen LogP contribution in [-0.2, 0) is 0 Å². The molecule has 7 heteroatoms. The van der Waals surface area contributed by atoms with Gasteiger partial charge in [-0.25, -0.2) is 4.79 Å². The number of carbonyl (C=O) groups excluding carboxylic acids is 1. The molecule has 0 aliphatic heterocycles. The number of nitrogens with one attached hydrogen (secondary N) is 1. The van der Waals surface area contributed by atoms with E-state index in [1.165, 1.54) is 4.90 Å². The molecule has 1 aromatic rings. The maximum absolute atomic E-state index is 12.0. The van der Waals surface area contributed by atoms with Crippen molar-refractivity contribution in [2.75, 3.05) is 12.4 Å². The molecule has 0 spiro atoms. The molecule has 0 fully saturated rings. The molecule has 104 valence electrons. The average molecular weight is 285 g/mol. The summed E-state index contributed by atoms with van der Waals surface area (Å²) in [6.07, 6.45) is 0.281. The van der Waals surface area contributed by atoms with Crippen LogP contribution in [-0.4, -0.2) is 35.1 Å². The summed E-state index contributed by atoms with van der Waals surface area (Å²) in [5, 5.41) is 14.5. The molecule has 1 rings (SSSR count). The normalized spacial score (nSPS) is 12.9. The van der Waals surface area contributed by atoms with Crippen LogP contribution in [0.15, 0.2) is 29.4 Å². The molecule has 19 heavy (non-hydrogen) atoms. The van der Waals surface area contributed by atoms with Crippen molar-refractivity contribution in [1.82, 2.24) is 4.90 Å². The van der Waals surface area contributed by atoms with Crippen molar-refractivity contribution in [2.24, 2.45) is 10.9 Å². The molecule has 2 amide bonds. The predicted molar refractivity (Wildman–Crippen MR) is 75.7 cm³/mol. The molecule has 0 aromatic heterocycles. The summed E-state index contributed by atoms with van der Waals surface area (Å²) in [5.74, 6) is 0.0740. The van der Waals surface area contributed by atoms with Gasteiger partial charge in [0.25, 0.3) is 0 Å². The number of urea groups is 1. The lowest BCUT2D eigenvalue weighted by Crippen LogP contribution is -2.40. The van der Waals surface area contributed by atoms with Gasteiger partial charge in [0.2, 0.25) is 0 Å². The number of benzene rings is 1. The van der Waals surface area contributed by atoms with Crippen LogP contribution >= 0.6 is 11.6 Å². The highest BCUT2D eigenvalue weighted by molar-refractivity contribution is 6.33. The number of rotatable bonds is 4. The number of amidine groups is 1. The Morgan fingerprint density at radius 2 is 2.21 bits per heavy atom. The number of nitrogens with zero attached hydrogens (tertiary/aromatic N) is 2. The highest BCUT2D eigenvalue weighted by Crippen LogP contribution is 2.21. The van der Waals surface area contributed by atoms with Gasteiger partial charge in [0.05, 0.1) is 10.7 Å². The third-order valence-electron chi connectivity index (χ3n) is 2.73. The second kappa shape index (κ2) is 6.84. The highest BCUT2D eigenvalue weighted by atomic mass is 35.5. The van der Waals surface area contributed by atoms with E-state index >= 15 is 0 Å². The van der Waals surface area contributed by atoms with E-state index in [1.807, 2.05) is 0 Å². The minimum Gasteiger partial charge on any atom is -0.409 e. The number of hydrogen-bond donors (Lipinski definition) is 3. The summed E-state index contributed by atoms with van der Waals surface area (Å²) in [4.78, 5) is 13.4. The van der Waals surface area contributed by atoms with Crippen LogP contribution in [0, 0.1) is 0 Å². The molecule has 0 aliphatic carbocycles. The third-order valence-corrected chi connectivity index (χ3v) is 3.06. The smallest absolute Gasteiger partial charge is 0.321 e. The van der Waals surface area contributed by atoms with Gasteiger partial charge in [0, 0.05) is 19.5 Å². The molecule has 1 aromatic carbocycles. The first-order valence-electron chi connectivity index (χ1n) is 5.70. The van der Waals surface area contributed by atoms with Gasteiger partial charge >= 0.3 is 6.03 Å². The fourth-order valence-electron chi connectivity index (χ4n) is 1.45. The molecular formula is C12H17ClN4O2. The summed E-state index contributed by atoms with van der Waals surface area (Å²) in [6.45, 7) is 1.80. The first kappa shape index (κ1) is 15.1. The standard InChI is InChI=1S/C12H17ClN4O2/c1-8(7-11(14)16-19)17(2)12(18)15-10-6-4-3-5-9(10)13/h3-6,8,19H,7H2,1-2H3,(H2,14,16)(H,15,18). The maximum atomic E-state index is 12.0. The lowest BCUT2D eigenvalue weighted by Gasteiger charge is -2.25. The lowest BCUT2D eigenvalue weighted by molar-refractivity contribution is 0.208. The van der Waals surface area contributed by atoms with Crippen LogP contribution < -0.4 is 11.1 Å². The van der Waals surface area contributed by atoms with Crippen LogP contribution in [0.25, 0.3) is 0 Å². The van der Waals surface area contributed by atoms with E-state index in [4.69, 9.17) is 22.5 Å². The number of oxime groups is 1. The largest absolute Gasteiger partial charge is 0.409 e. The van der Waals surface area contributed by atoms with E-state index in [9.17, 15) is 4.79 Å². The summed E-state index contributed by atoms with van der Waals surface area (Å²) >= 11 is 5.95. The molecule has 0 radical (unpaired) electrons. The molecule has 4 N–H and O–H groups in total. The second-order valence-corrected chi connectivity index (χ2v) is 4.57. The van der Waals surface area contributed by atoms with Gasteiger partial charge in [-0.15, -0.1) is 0 Å². The van der Waals surface area contributed by atoms with Crippen molar-refractivity contribution in [2.45, 2.75) is 19.4 Å². The third kappa shape index (κ3) is 4.33. The number of para-hydroxylation sites is 1. The zero-order valence-corrected chi connectivity index (χ0v) is 11.6. The van der Waals surface area contributed by atoms with Crippen LogP contribution in [0.4, 0.5) is 10.5 Å². The molecule has 0 saturated heterocycles. The van der Waals surface area contributed by atoms with Gasteiger partial charge in [0.1, 0.15) is 5.84 Å². The fraction of sp³-hybridized carbons (Fsp3) is 0.333. The Morgan fingerprint density at radius 1 is 1.58 bits per heavy atom. The van der Waals surface area contributed by atoms with Crippen LogP contribution in [0.5, 0.6) is 0 Å². The molecule has 1 unspecified atom stereocenters. The van der Waals surface area contributed by atoms with Crippen molar-refractivity contribution >= 4 is 29.2 Å². The van der Waals surface area contributed by atoms with Crippen molar-refractivity contribution in [3.05, 3.63) is 29.3 Å². The zero-order chi connectivity index (χ0) is 14.4. The minimum absolute atomic E-state index is 0.0740. The topological polar surface area (TPSA) is 91.0 Å². The number of amides is 2. The van der Waals surface area contributed by atoms with E-state index in [2.05, 4.69) is 10.5 Å². The summed E-state index contributed by atoms with van der Waals surface area (Å²) in [5.41, 5.74) is 5.95. The quantitative estimate of drug-likeness (QED) is 0.343. The van der Waals surface area contributed by atoms with Gasteiger partial charge in [-0.1, -0.05) is 28.9 Å². The number of halogens is 1. The lowest BCUT2D eigenvalue weighted by atomic mass is 10.2. The van der Waals surface area contributed by atoms with E-state index < -0.39 is 0 Å². The number of hydrogen-bond acceptors (Lipinski definition) is 3. The van der Waals surface area contributed by atoms with Crippen LogP contribution in [0.2, 0.25) is 5.02 Å². The van der Waals surface area contributed by atoms with Crippen molar-refractivity contribution in [3.8, 4) is 0 Å². The highest BCUT2D eigenvalue weighted by Gasteiger charge is 2.17. The van der Waals surface area contributed by atoms with Crippen molar-refractivity contribution < 1.29 is 10.0 Å². The number of anilines is 1. The number of nitrogens with two attached hydrogens (primary N) is 1. The van der Waals surface area contributed by atoms with E-state index in [0.29, 0.717) is 10.7 Å². The minimum atomic E-state index is -0.314. The Kier molecular flexibility index (Phi) is 5.44. The van der Waals surface area contributed by atoms with Gasteiger partial charge < -0.3 is 21.2 Å². The number of carbonyl (C=O) groups is 1. The van der Waals surface area contributed by atoms with Gasteiger partial charge in [-0.05, 0) is 19.1 Å². The molecule has 0 aliphatic rings. The summed E-state index contributed by atoms with van der Waals surface area (Å²) in [7, 11) is 1.63. The SMILES string of the molecule is CC(CC(N)=NO)N(C)C(=O)Nc1ccccc1Cl. The molecule has 0 bridgehead atoms. The first-order valence-corrected chi connectivity index (χ1v) is 6.08. The summed E-state index contributed by atoms with van der Waals surface area (Å²) < 4.78 is 0. The zero-order valence-electron chi connectivity index (χ0n) is 10.8. The van der Waals surface area contributed by atoms with Crippen LogP contribution in [0.1, 0.15) is 13.3 Å². The van der Waals surface area contributed by atoms with Gasteiger partial charge in [0.15, 0.2) is 0 Å². The van der Waals surface area contributed by atoms with Crippen LogP contribution in [0.3, 0.4) is 0 Å². The van der Waals surface area contributed by atoms with Gasteiger partial charge in [-0.3, -0.25) is 0 Å². The van der Waals surface area contributed by atoms with E-state index in [1.54, 1.807) is 38.2 Å². The Bertz CT molecular complexity index is 479. The van der Waals surface area contributed by atoms with Crippen molar-refractivity contribution in [1.29, 1.82) is 0 Å². The Morgan fingerprint density at radius 3 is 2.79 bits per heavy atom. The molecular weight excluding hydrogens is 268 g/mol. The molecule has 6 nitrogen and oxygen atoms in total. The Hall–Kier alpha value is -1.95. The fourth-order valence-corrected chi connectivity index (χ4v) is 1.63.